The van der Waals surface area contributed by atoms with Gasteiger partial charge in [-0.25, -0.2) is 0 Å². The summed E-state index contributed by atoms with van der Waals surface area (Å²) in [6.07, 6.45) is 0.983. The van der Waals surface area contributed by atoms with Gasteiger partial charge in [-0.05, 0) is 25.8 Å². The smallest absolute Gasteiger partial charge is 0.233 e. The minimum absolute atomic E-state index is 0.0243. The van der Waals surface area contributed by atoms with Crippen molar-refractivity contribution in [3.05, 3.63) is 66.2 Å². The van der Waals surface area contributed by atoms with E-state index in [1.165, 1.54) is 17.3 Å². The van der Waals surface area contributed by atoms with E-state index >= 15 is 0 Å². The molecule has 152 valence electrons. The van der Waals surface area contributed by atoms with Gasteiger partial charge in [-0.2, -0.15) is 0 Å². The van der Waals surface area contributed by atoms with Gasteiger partial charge in [0.25, 0.3) is 0 Å². The van der Waals surface area contributed by atoms with E-state index in [-0.39, 0.29) is 11.2 Å². The molecule has 0 bridgehead atoms. The van der Waals surface area contributed by atoms with Crippen molar-refractivity contribution < 1.29 is 4.79 Å². The number of aromatic nitrogens is 3. The van der Waals surface area contributed by atoms with Crippen LogP contribution in [0.4, 0.5) is 0 Å². The molecule has 1 amide bonds. The molecule has 0 radical (unpaired) electrons. The molecule has 0 aliphatic rings. The Hall–Kier alpha value is -2.60. The van der Waals surface area contributed by atoms with Crippen LogP contribution in [0.5, 0.6) is 0 Å². The molecule has 6 heteroatoms. The second-order valence-corrected chi connectivity index (χ2v) is 8.25. The lowest BCUT2D eigenvalue weighted by molar-refractivity contribution is -0.120. The van der Waals surface area contributed by atoms with E-state index in [4.69, 9.17) is 0 Å². The van der Waals surface area contributed by atoms with Gasteiger partial charge in [-0.3, -0.25) is 4.79 Å². The Labute approximate surface area is 176 Å². The molecule has 0 aliphatic heterocycles. The fourth-order valence-corrected chi connectivity index (χ4v) is 4.20. The highest BCUT2D eigenvalue weighted by molar-refractivity contribution is 8.00. The van der Waals surface area contributed by atoms with Crippen LogP contribution in [0.2, 0.25) is 0 Å². The number of carbonyl (C=O) groups is 1. The summed E-state index contributed by atoms with van der Waals surface area (Å²) in [5.41, 5.74) is 2.29. The van der Waals surface area contributed by atoms with Crippen LogP contribution >= 0.6 is 11.8 Å². The van der Waals surface area contributed by atoms with Crippen LogP contribution in [0.1, 0.15) is 38.7 Å². The van der Waals surface area contributed by atoms with Gasteiger partial charge in [0.05, 0.1) is 5.25 Å². The van der Waals surface area contributed by atoms with Crippen LogP contribution in [0, 0.1) is 0 Å². The average molecular weight is 409 g/mol. The van der Waals surface area contributed by atoms with Gasteiger partial charge in [0.1, 0.15) is 0 Å². The van der Waals surface area contributed by atoms with Gasteiger partial charge in [0.2, 0.25) is 5.91 Å². The van der Waals surface area contributed by atoms with Gasteiger partial charge in [-0.15, -0.1) is 10.2 Å². The van der Waals surface area contributed by atoms with Crippen molar-refractivity contribution in [2.24, 2.45) is 0 Å². The molecule has 1 N–H and O–H groups in total. The molecule has 0 saturated carbocycles. The monoisotopic (exact) mass is 408 g/mol. The number of carbonyl (C=O) groups excluding carboxylic acids is 1. The van der Waals surface area contributed by atoms with Crippen molar-refractivity contribution in [2.45, 2.75) is 50.1 Å². The van der Waals surface area contributed by atoms with Crippen molar-refractivity contribution in [3.63, 3.8) is 0 Å². The predicted octanol–water partition coefficient (Wildman–Crippen LogP) is 4.76. The molecule has 0 saturated heterocycles. The molecular weight excluding hydrogens is 380 g/mol. The number of amides is 1. The zero-order valence-corrected chi connectivity index (χ0v) is 18.0. The van der Waals surface area contributed by atoms with Gasteiger partial charge < -0.3 is 9.88 Å². The molecule has 29 heavy (non-hydrogen) atoms. The van der Waals surface area contributed by atoms with Crippen molar-refractivity contribution in [1.29, 1.82) is 0 Å². The Morgan fingerprint density at radius 1 is 1.03 bits per heavy atom. The van der Waals surface area contributed by atoms with Crippen molar-refractivity contribution in [3.8, 4) is 11.4 Å². The maximum Gasteiger partial charge on any atom is 0.233 e. The SMILES string of the molecule is CC[C@@H](CNC(=O)[C@H](C)Sc1nnc(-c2ccccc2)n1CC)c1ccccc1. The van der Waals surface area contributed by atoms with E-state index in [0.29, 0.717) is 12.5 Å². The second-order valence-electron chi connectivity index (χ2n) is 6.94. The first-order chi connectivity index (χ1) is 14.1. The van der Waals surface area contributed by atoms with E-state index in [0.717, 1.165) is 29.5 Å². The molecule has 0 aliphatic carbocycles. The second kappa shape index (κ2) is 10.3. The lowest BCUT2D eigenvalue weighted by Gasteiger charge is -2.18. The first-order valence-electron chi connectivity index (χ1n) is 10.1. The third kappa shape index (κ3) is 5.26. The van der Waals surface area contributed by atoms with Crippen molar-refractivity contribution in [2.75, 3.05) is 6.54 Å². The molecule has 5 nitrogen and oxygen atoms in total. The highest BCUT2D eigenvalue weighted by Gasteiger charge is 2.21. The fraction of sp³-hybridized carbons (Fsp3) is 0.348. The largest absolute Gasteiger partial charge is 0.355 e. The maximum absolute atomic E-state index is 12.7. The summed E-state index contributed by atoms with van der Waals surface area (Å²) in [5.74, 6) is 1.18. The lowest BCUT2D eigenvalue weighted by Crippen LogP contribution is -2.34. The average Bonchev–Trinajstić information content (AvgIpc) is 3.17. The zero-order chi connectivity index (χ0) is 20.6. The summed E-state index contributed by atoms with van der Waals surface area (Å²) in [5, 5.41) is 12.3. The normalized spacial score (nSPS) is 13.1. The highest BCUT2D eigenvalue weighted by Crippen LogP contribution is 2.27. The van der Waals surface area contributed by atoms with Gasteiger partial charge in [0.15, 0.2) is 11.0 Å². The predicted molar refractivity (Wildman–Crippen MR) is 119 cm³/mol. The van der Waals surface area contributed by atoms with Gasteiger partial charge in [-0.1, -0.05) is 79.3 Å². The lowest BCUT2D eigenvalue weighted by atomic mass is 9.96. The van der Waals surface area contributed by atoms with E-state index < -0.39 is 0 Å². The third-order valence-electron chi connectivity index (χ3n) is 5.00. The Morgan fingerprint density at radius 2 is 1.69 bits per heavy atom. The standard InChI is InChI=1S/C23H28N4OS/c1-4-18(19-12-8-6-9-13-19)16-24-22(28)17(3)29-23-26-25-21(27(23)5-2)20-14-10-7-11-15-20/h6-15,17-18H,4-5,16H2,1-3H3,(H,24,28)/t17-,18-/m0/s1. The molecule has 0 unspecified atom stereocenters. The van der Waals surface area contributed by atoms with Crippen LogP contribution < -0.4 is 5.32 Å². The zero-order valence-electron chi connectivity index (χ0n) is 17.2. The molecule has 1 aromatic heterocycles. The molecular formula is C23H28N4OS. The summed E-state index contributed by atoms with van der Waals surface area (Å²) in [6, 6.07) is 20.3. The van der Waals surface area contributed by atoms with Crippen LogP contribution in [0.3, 0.4) is 0 Å². The Balaban J connectivity index is 1.63. The van der Waals surface area contributed by atoms with Gasteiger partial charge >= 0.3 is 0 Å². The number of hydrogen-bond acceptors (Lipinski definition) is 4. The van der Waals surface area contributed by atoms with Crippen molar-refractivity contribution in [1.82, 2.24) is 20.1 Å². The summed E-state index contributed by atoms with van der Waals surface area (Å²) < 4.78 is 2.06. The minimum atomic E-state index is -0.249. The molecule has 3 rings (SSSR count). The Bertz CT molecular complexity index is 911. The first kappa shape index (κ1) is 21.1. The number of thioether (sulfide) groups is 1. The van der Waals surface area contributed by atoms with Crippen molar-refractivity contribution >= 4 is 17.7 Å². The first-order valence-corrected chi connectivity index (χ1v) is 11.0. The molecule has 1 heterocycles. The maximum atomic E-state index is 12.7. The van der Waals surface area contributed by atoms with E-state index in [1.807, 2.05) is 55.5 Å². The van der Waals surface area contributed by atoms with E-state index in [9.17, 15) is 4.79 Å². The Morgan fingerprint density at radius 3 is 2.31 bits per heavy atom. The number of nitrogens with zero attached hydrogens (tertiary/aromatic N) is 3. The topological polar surface area (TPSA) is 59.8 Å². The van der Waals surface area contributed by atoms with E-state index in [1.54, 1.807) is 0 Å². The minimum Gasteiger partial charge on any atom is -0.355 e. The Kier molecular flexibility index (Phi) is 7.47. The molecule has 2 aromatic carbocycles. The van der Waals surface area contributed by atoms with Gasteiger partial charge in [0, 0.05) is 24.6 Å². The van der Waals surface area contributed by atoms with Crippen LogP contribution in [0.25, 0.3) is 11.4 Å². The highest BCUT2D eigenvalue weighted by atomic mass is 32.2. The number of hydrogen-bond donors (Lipinski definition) is 1. The van der Waals surface area contributed by atoms with Crippen LogP contribution in [-0.4, -0.2) is 32.5 Å². The molecule has 2 atom stereocenters. The molecule has 3 aromatic rings. The molecule has 0 fully saturated rings. The van der Waals surface area contributed by atoms with Crippen LogP contribution in [-0.2, 0) is 11.3 Å². The summed E-state index contributed by atoms with van der Waals surface area (Å²) in [6.45, 7) is 7.52. The summed E-state index contributed by atoms with van der Waals surface area (Å²) >= 11 is 1.45. The number of rotatable bonds is 9. The van der Waals surface area contributed by atoms with E-state index in [2.05, 4.69) is 46.1 Å². The fourth-order valence-electron chi connectivity index (χ4n) is 3.26. The summed E-state index contributed by atoms with van der Waals surface area (Å²) in [7, 11) is 0. The number of nitrogens with one attached hydrogen (secondary N) is 1. The number of benzene rings is 2. The quantitative estimate of drug-likeness (QED) is 0.519. The third-order valence-corrected chi connectivity index (χ3v) is 6.08. The summed E-state index contributed by atoms with van der Waals surface area (Å²) in [4.78, 5) is 12.7. The van der Waals surface area contributed by atoms with Crippen LogP contribution in [0.15, 0.2) is 65.8 Å². The molecule has 0 spiro atoms.